The van der Waals surface area contributed by atoms with Gasteiger partial charge < -0.3 is 0 Å². The lowest BCUT2D eigenvalue weighted by atomic mass is 9.89. The Hall–Kier alpha value is -0.0800. The molecule has 1 aliphatic carbocycles. The van der Waals surface area contributed by atoms with Gasteiger partial charge in [-0.15, -0.1) is 0 Å². The Bertz CT molecular complexity index is 84.9. The van der Waals surface area contributed by atoms with Crippen LogP contribution in [0, 0.1) is 5.41 Å². The molecule has 1 aliphatic rings. The number of nitrogens with one attached hydrogen (secondary N) is 1. The number of nitrogens with two attached hydrogens (primary N) is 1. The van der Waals surface area contributed by atoms with Crippen LogP contribution in [0.15, 0.2) is 0 Å². The molecule has 0 atom stereocenters. The lowest BCUT2D eigenvalue weighted by Crippen LogP contribution is -2.34. The number of hydrogen-bond acceptors (Lipinski definition) is 2. The molecule has 54 valence electrons. The minimum absolute atomic E-state index is 0.509. The van der Waals surface area contributed by atoms with Gasteiger partial charge >= 0.3 is 0 Å². The fraction of sp³-hybridized carbons (Fsp3) is 1.00. The zero-order valence-corrected chi connectivity index (χ0v) is 6.11. The predicted octanol–water partition coefficient (Wildman–Crippen LogP) is 1.03. The Kier molecular flexibility index (Phi) is 2.09. The summed E-state index contributed by atoms with van der Waals surface area (Å²) in [6.07, 6.45) is 5.46. The van der Waals surface area contributed by atoms with Crippen LogP contribution in [0.4, 0.5) is 0 Å². The van der Waals surface area contributed by atoms with Crippen LogP contribution in [0.1, 0.15) is 32.6 Å². The van der Waals surface area contributed by atoms with E-state index >= 15 is 0 Å². The second kappa shape index (κ2) is 2.67. The molecule has 2 nitrogen and oxygen atoms in total. The molecule has 0 saturated heterocycles. The summed E-state index contributed by atoms with van der Waals surface area (Å²) in [7, 11) is 0. The molecule has 0 aromatic heterocycles. The SMILES string of the molecule is CC1(CNN)CCCC1. The molecule has 1 saturated carbocycles. The standard InChI is InChI=1S/C7H16N2/c1-7(6-9-8)4-2-3-5-7/h9H,2-6,8H2,1H3. The second-order valence-corrected chi connectivity index (χ2v) is 3.40. The van der Waals surface area contributed by atoms with Crippen molar-refractivity contribution in [3.63, 3.8) is 0 Å². The third-order valence-corrected chi connectivity index (χ3v) is 2.34. The molecule has 1 fully saturated rings. The second-order valence-electron chi connectivity index (χ2n) is 3.40. The molecule has 0 heterocycles. The number of hydrogen-bond donors (Lipinski definition) is 2. The van der Waals surface area contributed by atoms with Crippen LogP contribution in [-0.2, 0) is 0 Å². The van der Waals surface area contributed by atoms with E-state index in [9.17, 15) is 0 Å². The van der Waals surface area contributed by atoms with Crippen molar-refractivity contribution in [2.24, 2.45) is 11.3 Å². The van der Waals surface area contributed by atoms with Gasteiger partial charge in [0.05, 0.1) is 0 Å². The maximum absolute atomic E-state index is 5.24. The van der Waals surface area contributed by atoms with E-state index in [-0.39, 0.29) is 0 Å². The molecule has 0 radical (unpaired) electrons. The largest absolute Gasteiger partial charge is 0.271 e. The number of hydrazine groups is 1. The highest BCUT2D eigenvalue weighted by Crippen LogP contribution is 2.36. The van der Waals surface area contributed by atoms with Crippen LogP contribution in [0.25, 0.3) is 0 Å². The van der Waals surface area contributed by atoms with Crippen LogP contribution in [0.5, 0.6) is 0 Å². The van der Waals surface area contributed by atoms with Crippen LogP contribution in [0.3, 0.4) is 0 Å². The summed E-state index contributed by atoms with van der Waals surface area (Å²) < 4.78 is 0. The van der Waals surface area contributed by atoms with Crippen molar-refractivity contribution in [1.29, 1.82) is 0 Å². The molecule has 0 spiro atoms. The van der Waals surface area contributed by atoms with E-state index in [2.05, 4.69) is 12.3 Å². The van der Waals surface area contributed by atoms with Crippen molar-refractivity contribution in [2.45, 2.75) is 32.6 Å². The van der Waals surface area contributed by atoms with E-state index in [1.165, 1.54) is 25.7 Å². The van der Waals surface area contributed by atoms with E-state index in [1.54, 1.807) is 0 Å². The van der Waals surface area contributed by atoms with E-state index in [0.29, 0.717) is 5.41 Å². The fourth-order valence-corrected chi connectivity index (χ4v) is 1.65. The van der Waals surface area contributed by atoms with E-state index in [1.807, 2.05) is 0 Å². The third-order valence-electron chi connectivity index (χ3n) is 2.34. The average molecular weight is 128 g/mol. The summed E-state index contributed by atoms with van der Waals surface area (Å²) in [4.78, 5) is 0. The lowest BCUT2D eigenvalue weighted by molar-refractivity contribution is 0.318. The first-order valence-corrected chi connectivity index (χ1v) is 3.70. The normalized spacial score (nSPS) is 24.7. The first-order chi connectivity index (χ1) is 4.27. The summed E-state index contributed by atoms with van der Waals surface area (Å²) in [6.45, 7) is 3.28. The first kappa shape index (κ1) is 7.03. The Labute approximate surface area is 56.8 Å². The van der Waals surface area contributed by atoms with Gasteiger partial charge in [-0.25, -0.2) is 0 Å². The van der Waals surface area contributed by atoms with Crippen molar-refractivity contribution in [3.8, 4) is 0 Å². The van der Waals surface area contributed by atoms with Gasteiger partial charge in [-0.05, 0) is 18.3 Å². The van der Waals surface area contributed by atoms with Crippen molar-refractivity contribution in [3.05, 3.63) is 0 Å². The van der Waals surface area contributed by atoms with Crippen LogP contribution >= 0.6 is 0 Å². The summed E-state index contributed by atoms with van der Waals surface area (Å²) in [5, 5.41) is 0. The maximum atomic E-state index is 5.24. The molecule has 0 aliphatic heterocycles. The van der Waals surface area contributed by atoms with E-state index in [0.717, 1.165) is 6.54 Å². The number of rotatable bonds is 2. The highest BCUT2D eigenvalue weighted by molar-refractivity contribution is 4.81. The third kappa shape index (κ3) is 1.66. The molecular formula is C7H16N2. The topological polar surface area (TPSA) is 38.0 Å². The van der Waals surface area contributed by atoms with E-state index in [4.69, 9.17) is 5.84 Å². The minimum Gasteiger partial charge on any atom is -0.271 e. The predicted molar refractivity (Wildman–Crippen MR) is 38.8 cm³/mol. The van der Waals surface area contributed by atoms with Crippen molar-refractivity contribution in [1.82, 2.24) is 5.43 Å². The smallest absolute Gasteiger partial charge is 0.0151 e. The molecule has 0 bridgehead atoms. The van der Waals surface area contributed by atoms with Crippen LogP contribution in [0.2, 0.25) is 0 Å². The van der Waals surface area contributed by atoms with Gasteiger partial charge in [0.15, 0.2) is 0 Å². The Balaban J connectivity index is 2.32. The van der Waals surface area contributed by atoms with Crippen LogP contribution in [-0.4, -0.2) is 6.54 Å². The molecule has 1 rings (SSSR count). The van der Waals surface area contributed by atoms with Gasteiger partial charge in [0.2, 0.25) is 0 Å². The lowest BCUT2D eigenvalue weighted by Gasteiger charge is -2.21. The molecule has 0 unspecified atom stereocenters. The van der Waals surface area contributed by atoms with Crippen LogP contribution < -0.4 is 11.3 Å². The summed E-state index contributed by atoms with van der Waals surface area (Å²) in [5.41, 5.74) is 3.26. The first-order valence-electron chi connectivity index (χ1n) is 3.70. The molecule has 9 heavy (non-hydrogen) atoms. The summed E-state index contributed by atoms with van der Waals surface area (Å²) in [5.74, 6) is 5.24. The van der Waals surface area contributed by atoms with Crippen molar-refractivity contribution < 1.29 is 0 Å². The van der Waals surface area contributed by atoms with Gasteiger partial charge in [0.1, 0.15) is 0 Å². The Morgan fingerprint density at radius 3 is 2.44 bits per heavy atom. The zero-order chi connectivity index (χ0) is 6.74. The molecule has 0 aromatic carbocycles. The molecule has 3 N–H and O–H groups in total. The van der Waals surface area contributed by atoms with Gasteiger partial charge in [-0.3, -0.25) is 11.3 Å². The quantitative estimate of drug-likeness (QED) is 0.430. The monoisotopic (exact) mass is 128 g/mol. The molecular weight excluding hydrogens is 112 g/mol. The van der Waals surface area contributed by atoms with Crippen molar-refractivity contribution in [2.75, 3.05) is 6.54 Å². The van der Waals surface area contributed by atoms with E-state index < -0.39 is 0 Å². The van der Waals surface area contributed by atoms with Gasteiger partial charge in [-0.1, -0.05) is 19.8 Å². The fourth-order valence-electron chi connectivity index (χ4n) is 1.65. The van der Waals surface area contributed by atoms with Gasteiger partial charge in [0.25, 0.3) is 0 Å². The maximum Gasteiger partial charge on any atom is 0.0151 e. The Morgan fingerprint density at radius 2 is 2.00 bits per heavy atom. The Morgan fingerprint density at radius 1 is 1.44 bits per heavy atom. The molecule has 0 aromatic rings. The summed E-state index contributed by atoms with van der Waals surface area (Å²) in [6, 6.07) is 0. The average Bonchev–Trinajstić information content (AvgIpc) is 2.16. The zero-order valence-electron chi connectivity index (χ0n) is 6.11. The summed E-state index contributed by atoms with van der Waals surface area (Å²) >= 11 is 0. The van der Waals surface area contributed by atoms with Crippen molar-refractivity contribution >= 4 is 0 Å². The van der Waals surface area contributed by atoms with Gasteiger partial charge in [0, 0.05) is 6.54 Å². The minimum atomic E-state index is 0.509. The highest BCUT2D eigenvalue weighted by atomic mass is 15.2. The highest BCUT2D eigenvalue weighted by Gasteiger charge is 2.27. The molecule has 2 heteroatoms. The van der Waals surface area contributed by atoms with Gasteiger partial charge in [-0.2, -0.15) is 0 Å². The molecule has 0 amide bonds.